The van der Waals surface area contributed by atoms with E-state index in [1.165, 1.54) is 6.07 Å². The predicted octanol–water partition coefficient (Wildman–Crippen LogP) is 1.87. The Morgan fingerprint density at radius 1 is 1.32 bits per heavy atom. The molecule has 1 rings (SSSR count). The molecule has 0 aliphatic heterocycles. The van der Waals surface area contributed by atoms with Gasteiger partial charge in [0.15, 0.2) is 11.6 Å². The highest BCUT2D eigenvalue weighted by Crippen LogP contribution is 2.15. The van der Waals surface area contributed by atoms with Crippen molar-refractivity contribution in [2.24, 2.45) is 5.73 Å². The molecule has 19 heavy (non-hydrogen) atoms. The summed E-state index contributed by atoms with van der Waals surface area (Å²) in [5.74, 6) is -0.188. The van der Waals surface area contributed by atoms with Crippen molar-refractivity contribution in [1.82, 2.24) is 5.32 Å². The number of amides is 1. The third kappa shape index (κ3) is 7.64. The van der Waals surface area contributed by atoms with Gasteiger partial charge < -0.3 is 15.8 Å². The van der Waals surface area contributed by atoms with Crippen molar-refractivity contribution in [3.8, 4) is 5.75 Å². The van der Waals surface area contributed by atoms with Gasteiger partial charge in [-0.3, -0.25) is 4.79 Å². The number of nitrogens with two attached hydrogens (primary N) is 1. The number of carbonyl (C=O) groups excluding carboxylic acids is 1. The zero-order valence-electron chi connectivity index (χ0n) is 10.7. The third-order valence-electron chi connectivity index (χ3n) is 2.35. The minimum atomic E-state index is -0.384. The molecule has 0 aliphatic rings. The van der Waals surface area contributed by atoms with Crippen LogP contribution in [0.25, 0.3) is 0 Å². The average molecular weight is 291 g/mol. The summed E-state index contributed by atoms with van der Waals surface area (Å²) in [5.41, 5.74) is 5.31. The second-order valence-corrected chi connectivity index (χ2v) is 3.87. The van der Waals surface area contributed by atoms with Crippen molar-refractivity contribution < 1.29 is 13.9 Å². The Kier molecular flexibility index (Phi) is 9.84. The molecule has 0 saturated heterocycles. The molecule has 1 aromatic carbocycles. The topological polar surface area (TPSA) is 64.3 Å². The molecule has 0 unspecified atom stereocenters. The Morgan fingerprint density at radius 2 is 2.05 bits per heavy atom. The van der Waals surface area contributed by atoms with Crippen molar-refractivity contribution >= 4 is 18.3 Å². The smallest absolute Gasteiger partial charge is 0.220 e. The summed E-state index contributed by atoms with van der Waals surface area (Å²) in [6.45, 7) is 1.49. The summed E-state index contributed by atoms with van der Waals surface area (Å²) in [5, 5.41) is 2.75. The number of benzene rings is 1. The van der Waals surface area contributed by atoms with E-state index in [2.05, 4.69) is 5.32 Å². The maximum absolute atomic E-state index is 13.2. The highest BCUT2D eigenvalue weighted by atomic mass is 35.5. The highest BCUT2D eigenvalue weighted by Gasteiger charge is 2.03. The number of hydrogen-bond acceptors (Lipinski definition) is 3. The van der Waals surface area contributed by atoms with E-state index in [1.807, 2.05) is 0 Å². The zero-order valence-corrected chi connectivity index (χ0v) is 11.5. The lowest BCUT2D eigenvalue weighted by molar-refractivity contribution is -0.121. The summed E-state index contributed by atoms with van der Waals surface area (Å²) in [6, 6.07) is 6.22. The molecule has 1 aromatic rings. The second-order valence-electron chi connectivity index (χ2n) is 3.87. The van der Waals surface area contributed by atoms with Gasteiger partial charge in [-0.25, -0.2) is 4.39 Å². The maximum atomic E-state index is 13.2. The van der Waals surface area contributed by atoms with Gasteiger partial charge in [0.25, 0.3) is 0 Å². The van der Waals surface area contributed by atoms with E-state index in [4.69, 9.17) is 10.5 Å². The van der Waals surface area contributed by atoms with Crippen molar-refractivity contribution in [2.45, 2.75) is 19.3 Å². The molecule has 0 radical (unpaired) electrons. The molecular weight excluding hydrogens is 271 g/mol. The molecule has 0 spiro atoms. The first kappa shape index (κ1) is 17.7. The molecular formula is C13H20ClFN2O2. The Bertz CT molecular complexity index is 377. The molecule has 6 heteroatoms. The fourth-order valence-corrected chi connectivity index (χ4v) is 1.39. The molecule has 0 aromatic heterocycles. The number of carbonyl (C=O) groups is 1. The van der Waals surface area contributed by atoms with Gasteiger partial charge in [-0.2, -0.15) is 0 Å². The van der Waals surface area contributed by atoms with Gasteiger partial charge >= 0.3 is 0 Å². The second kappa shape index (κ2) is 10.6. The monoisotopic (exact) mass is 290 g/mol. The van der Waals surface area contributed by atoms with E-state index in [1.54, 1.807) is 18.2 Å². The molecule has 0 aliphatic carbocycles. The Labute approximate surface area is 118 Å². The SMILES string of the molecule is Cl.NCCCNC(=O)CCCOc1ccccc1F. The normalized spacial score (nSPS) is 9.58. The molecule has 0 heterocycles. The summed E-state index contributed by atoms with van der Waals surface area (Å²) in [6.07, 6.45) is 1.71. The zero-order chi connectivity index (χ0) is 13.2. The number of hydrogen-bond donors (Lipinski definition) is 2. The van der Waals surface area contributed by atoms with Crippen LogP contribution in [0.4, 0.5) is 4.39 Å². The van der Waals surface area contributed by atoms with Gasteiger partial charge in [0, 0.05) is 13.0 Å². The molecule has 0 fully saturated rings. The summed E-state index contributed by atoms with van der Waals surface area (Å²) < 4.78 is 18.4. The van der Waals surface area contributed by atoms with Crippen LogP contribution in [0.2, 0.25) is 0 Å². The van der Waals surface area contributed by atoms with Crippen LogP contribution in [0.3, 0.4) is 0 Å². The Morgan fingerprint density at radius 3 is 2.74 bits per heavy atom. The lowest BCUT2D eigenvalue weighted by Crippen LogP contribution is -2.26. The Hall–Kier alpha value is -1.33. The number of nitrogens with one attached hydrogen (secondary N) is 1. The quantitative estimate of drug-likeness (QED) is 0.719. The van der Waals surface area contributed by atoms with Gasteiger partial charge in [0.1, 0.15) is 0 Å². The van der Waals surface area contributed by atoms with E-state index in [-0.39, 0.29) is 29.9 Å². The van der Waals surface area contributed by atoms with Crippen LogP contribution in [0.15, 0.2) is 24.3 Å². The van der Waals surface area contributed by atoms with Gasteiger partial charge in [-0.15, -0.1) is 12.4 Å². The van der Waals surface area contributed by atoms with Crippen LogP contribution >= 0.6 is 12.4 Å². The van der Waals surface area contributed by atoms with E-state index < -0.39 is 0 Å². The van der Waals surface area contributed by atoms with Gasteiger partial charge in [0.2, 0.25) is 5.91 Å². The average Bonchev–Trinajstić information content (AvgIpc) is 2.37. The third-order valence-corrected chi connectivity index (χ3v) is 2.35. The van der Waals surface area contributed by atoms with Crippen LogP contribution in [0.1, 0.15) is 19.3 Å². The molecule has 0 atom stereocenters. The van der Waals surface area contributed by atoms with E-state index in [0.717, 1.165) is 6.42 Å². The van der Waals surface area contributed by atoms with Crippen molar-refractivity contribution in [1.29, 1.82) is 0 Å². The van der Waals surface area contributed by atoms with Crippen LogP contribution in [-0.4, -0.2) is 25.6 Å². The summed E-state index contributed by atoms with van der Waals surface area (Å²) >= 11 is 0. The van der Waals surface area contributed by atoms with Gasteiger partial charge in [-0.05, 0) is 31.5 Å². The molecule has 0 saturated carbocycles. The van der Waals surface area contributed by atoms with E-state index in [9.17, 15) is 9.18 Å². The fraction of sp³-hybridized carbons (Fsp3) is 0.462. The summed E-state index contributed by atoms with van der Waals surface area (Å²) in [4.78, 5) is 11.3. The largest absolute Gasteiger partial charge is 0.491 e. The van der Waals surface area contributed by atoms with Crippen molar-refractivity contribution in [3.63, 3.8) is 0 Å². The van der Waals surface area contributed by atoms with Crippen LogP contribution in [0, 0.1) is 5.82 Å². The first-order chi connectivity index (χ1) is 8.74. The minimum absolute atomic E-state index is 0. The molecule has 1 amide bonds. The number of para-hydroxylation sites is 1. The molecule has 4 nitrogen and oxygen atoms in total. The van der Waals surface area contributed by atoms with Crippen molar-refractivity contribution in [2.75, 3.05) is 19.7 Å². The standard InChI is InChI=1S/C13H19FN2O2.ClH/c14-11-5-1-2-6-12(11)18-10-3-7-13(17)16-9-4-8-15;/h1-2,5-6H,3-4,7-10,15H2,(H,16,17);1H. The number of halogens is 2. The predicted molar refractivity (Wildman–Crippen MR) is 75.1 cm³/mol. The van der Waals surface area contributed by atoms with Gasteiger partial charge in [-0.1, -0.05) is 12.1 Å². The van der Waals surface area contributed by atoms with Crippen molar-refractivity contribution in [3.05, 3.63) is 30.1 Å². The lowest BCUT2D eigenvalue weighted by atomic mass is 10.3. The van der Waals surface area contributed by atoms with E-state index in [0.29, 0.717) is 32.5 Å². The van der Waals surface area contributed by atoms with E-state index >= 15 is 0 Å². The van der Waals surface area contributed by atoms with Gasteiger partial charge in [0.05, 0.1) is 6.61 Å². The minimum Gasteiger partial charge on any atom is -0.491 e. The van der Waals surface area contributed by atoms with Crippen LogP contribution in [-0.2, 0) is 4.79 Å². The van der Waals surface area contributed by atoms with Crippen LogP contribution in [0.5, 0.6) is 5.75 Å². The summed E-state index contributed by atoms with van der Waals surface area (Å²) in [7, 11) is 0. The highest BCUT2D eigenvalue weighted by molar-refractivity contribution is 5.85. The molecule has 0 bridgehead atoms. The number of ether oxygens (including phenoxy) is 1. The lowest BCUT2D eigenvalue weighted by Gasteiger charge is -2.07. The van der Waals surface area contributed by atoms with Crippen LogP contribution < -0.4 is 15.8 Å². The first-order valence-electron chi connectivity index (χ1n) is 6.08. The maximum Gasteiger partial charge on any atom is 0.220 e. The number of rotatable bonds is 8. The fourth-order valence-electron chi connectivity index (χ4n) is 1.39. The molecule has 3 N–H and O–H groups in total. The molecule has 108 valence electrons. The Balaban J connectivity index is 0.00000324. The first-order valence-corrected chi connectivity index (χ1v) is 6.08.